The average Bonchev–Trinajstić information content (AvgIpc) is 3.38. The van der Waals surface area contributed by atoms with Crippen molar-refractivity contribution in [1.82, 2.24) is 13.7 Å². The molecule has 0 aliphatic carbocycles. The van der Waals surface area contributed by atoms with Crippen LogP contribution in [0.5, 0.6) is 0 Å². The minimum Gasteiger partial charge on any atom is -0.481 e. The van der Waals surface area contributed by atoms with Crippen LogP contribution in [0.4, 0.5) is 4.39 Å². The maximum absolute atomic E-state index is 14.0. The van der Waals surface area contributed by atoms with Gasteiger partial charge < -0.3 is 9.67 Å². The zero-order chi connectivity index (χ0) is 25.4. The van der Waals surface area contributed by atoms with Crippen LogP contribution < -0.4 is 5.69 Å². The Kier molecular flexibility index (Phi) is 6.22. The van der Waals surface area contributed by atoms with Crippen molar-refractivity contribution in [2.24, 2.45) is 0 Å². The molecule has 0 radical (unpaired) electrons. The van der Waals surface area contributed by atoms with Crippen LogP contribution >= 0.6 is 0 Å². The van der Waals surface area contributed by atoms with Crippen LogP contribution in [0.2, 0.25) is 0 Å². The van der Waals surface area contributed by atoms with Gasteiger partial charge in [0.2, 0.25) is 0 Å². The van der Waals surface area contributed by atoms with Crippen molar-refractivity contribution in [3.8, 4) is 0 Å². The second-order valence-electron chi connectivity index (χ2n) is 9.00. The van der Waals surface area contributed by atoms with E-state index < -0.39 is 17.8 Å². The lowest BCUT2D eigenvalue weighted by atomic mass is 10.0. The standard InChI is InChI=1S/C29H28FN3O3/c1-3-19-8-7-11-25-28(19)21(17-31(25)4-2)18-32-23-9-5-6-10-24(23)33(29(32)36)26(16-27(34)35)20-12-14-22(30)15-13-20/h5-15,17,26H,3-4,16,18H2,1-2H3,(H,34,35). The summed E-state index contributed by atoms with van der Waals surface area (Å²) in [5, 5.41) is 10.8. The Balaban J connectivity index is 1.72. The summed E-state index contributed by atoms with van der Waals surface area (Å²) < 4.78 is 19.1. The lowest BCUT2D eigenvalue weighted by molar-refractivity contribution is -0.137. The van der Waals surface area contributed by atoms with Gasteiger partial charge in [-0.3, -0.25) is 13.9 Å². The predicted octanol–water partition coefficient (Wildman–Crippen LogP) is 5.59. The van der Waals surface area contributed by atoms with Crippen LogP contribution in [0, 0.1) is 5.82 Å². The molecule has 184 valence electrons. The SMILES string of the molecule is CCc1cccc2c1c(Cn1c(=O)n(C(CC(=O)O)c3ccc(F)cc3)c3ccccc31)cn2CC. The summed E-state index contributed by atoms with van der Waals surface area (Å²) >= 11 is 0. The van der Waals surface area contributed by atoms with Crippen LogP contribution in [0.3, 0.4) is 0 Å². The molecule has 0 fully saturated rings. The molecule has 1 atom stereocenters. The number of hydrogen-bond donors (Lipinski definition) is 1. The quantitative estimate of drug-likeness (QED) is 0.311. The first-order chi connectivity index (χ1) is 17.4. The van der Waals surface area contributed by atoms with E-state index in [1.807, 2.05) is 24.3 Å². The molecule has 3 aromatic carbocycles. The molecule has 0 amide bonds. The van der Waals surface area contributed by atoms with Crippen molar-refractivity contribution < 1.29 is 14.3 Å². The predicted molar refractivity (Wildman–Crippen MR) is 139 cm³/mol. The van der Waals surface area contributed by atoms with E-state index >= 15 is 0 Å². The number of rotatable bonds is 8. The first-order valence-electron chi connectivity index (χ1n) is 12.2. The first kappa shape index (κ1) is 23.6. The van der Waals surface area contributed by atoms with Crippen molar-refractivity contribution in [3.63, 3.8) is 0 Å². The number of aryl methyl sites for hydroxylation is 2. The van der Waals surface area contributed by atoms with Crippen molar-refractivity contribution in [2.45, 2.75) is 45.8 Å². The van der Waals surface area contributed by atoms with Crippen LogP contribution in [0.1, 0.15) is 43.0 Å². The summed E-state index contributed by atoms with van der Waals surface area (Å²) in [6.45, 7) is 5.39. The van der Waals surface area contributed by atoms with E-state index in [1.165, 1.54) is 22.3 Å². The van der Waals surface area contributed by atoms with Gasteiger partial charge in [0.1, 0.15) is 5.82 Å². The Bertz CT molecular complexity index is 1630. The maximum atomic E-state index is 14.0. The summed E-state index contributed by atoms with van der Waals surface area (Å²) in [4.78, 5) is 25.8. The summed E-state index contributed by atoms with van der Waals surface area (Å²) in [5.74, 6) is -1.45. The number of hydrogen-bond acceptors (Lipinski definition) is 2. The Morgan fingerprint density at radius 2 is 1.61 bits per heavy atom. The molecule has 1 N–H and O–H groups in total. The molecular weight excluding hydrogens is 457 g/mol. The summed E-state index contributed by atoms with van der Waals surface area (Å²) in [6, 6.07) is 18.6. The van der Waals surface area contributed by atoms with E-state index in [0.29, 0.717) is 17.6 Å². The van der Waals surface area contributed by atoms with Gasteiger partial charge in [-0.2, -0.15) is 0 Å². The van der Waals surface area contributed by atoms with Crippen molar-refractivity contribution in [2.75, 3.05) is 0 Å². The van der Waals surface area contributed by atoms with E-state index in [0.717, 1.165) is 34.9 Å². The fraction of sp³-hybridized carbons (Fsp3) is 0.241. The molecule has 0 aliphatic rings. The summed E-state index contributed by atoms with van der Waals surface area (Å²) in [5.41, 5.74) is 5.06. The monoisotopic (exact) mass is 485 g/mol. The fourth-order valence-electron chi connectivity index (χ4n) is 5.26. The lowest BCUT2D eigenvalue weighted by Gasteiger charge is -2.17. The number of benzene rings is 3. The van der Waals surface area contributed by atoms with Crippen LogP contribution in [-0.4, -0.2) is 24.8 Å². The molecule has 0 saturated carbocycles. The van der Waals surface area contributed by atoms with E-state index in [-0.39, 0.29) is 12.1 Å². The first-order valence-corrected chi connectivity index (χ1v) is 12.2. The number of aromatic nitrogens is 3. The number of aliphatic carboxylic acids is 1. The largest absolute Gasteiger partial charge is 0.481 e. The Morgan fingerprint density at radius 3 is 2.28 bits per heavy atom. The third kappa shape index (κ3) is 4.00. The Morgan fingerprint density at radius 1 is 0.917 bits per heavy atom. The zero-order valence-electron chi connectivity index (χ0n) is 20.3. The number of halogens is 1. The molecule has 0 bridgehead atoms. The van der Waals surface area contributed by atoms with Gasteiger partial charge in [-0.05, 0) is 60.4 Å². The number of imidazole rings is 1. The van der Waals surface area contributed by atoms with Gasteiger partial charge in [-0.1, -0.05) is 43.3 Å². The van der Waals surface area contributed by atoms with Gasteiger partial charge in [-0.25, -0.2) is 9.18 Å². The molecular formula is C29H28FN3O3. The third-order valence-corrected chi connectivity index (χ3v) is 6.92. The van der Waals surface area contributed by atoms with E-state index in [9.17, 15) is 19.1 Å². The molecule has 0 spiro atoms. The highest BCUT2D eigenvalue weighted by molar-refractivity contribution is 5.88. The lowest BCUT2D eigenvalue weighted by Crippen LogP contribution is -2.29. The highest BCUT2D eigenvalue weighted by Gasteiger charge is 2.25. The Labute approximate surface area is 207 Å². The molecule has 6 nitrogen and oxygen atoms in total. The number of nitrogens with zero attached hydrogens (tertiary/aromatic N) is 3. The highest BCUT2D eigenvalue weighted by Crippen LogP contribution is 2.29. The number of para-hydroxylation sites is 2. The average molecular weight is 486 g/mol. The molecule has 2 aromatic heterocycles. The smallest absolute Gasteiger partial charge is 0.330 e. The zero-order valence-corrected chi connectivity index (χ0v) is 20.3. The Hall–Kier alpha value is -4.13. The molecule has 2 heterocycles. The number of carboxylic acids is 1. The third-order valence-electron chi connectivity index (χ3n) is 6.92. The van der Waals surface area contributed by atoms with Gasteiger partial charge in [0.25, 0.3) is 0 Å². The summed E-state index contributed by atoms with van der Waals surface area (Å²) in [7, 11) is 0. The van der Waals surface area contributed by atoms with E-state index in [2.05, 4.69) is 42.8 Å². The fourth-order valence-corrected chi connectivity index (χ4v) is 5.26. The summed E-state index contributed by atoms with van der Waals surface area (Å²) in [6.07, 6.45) is 2.69. The number of fused-ring (bicyclic) bond motifs is 2. The number of carbonyl (C=O) groups is 1. The molecule has 1 unspecified atom stereocenters. The second kappa shape index (κ2) is 9.49. The van der Waals surface area contributed by atoms with Crippen molar-refractivity contribution in [3.05, 3.63) is 106 Å². The molecule has 7 heteroatoms. The van der Waals surface area contributed by atoms with Gasteiger partial charge in [-0.15, -0.1) is 0 Å². The van der Waals surface area contributed by atoms with E-state index in [1.54, 1.807) is 16.7 Å². The van der Waals surface area contributed by atoms with Gasteiger partial charge in [0.15, 0.2) is 0 Å². The van der Waals surface area contributed by atoms with Gasteiger partial charge >= 0.3 is 11.7 Å². The molecule has 5 rings (SSSR count). The highest BCUT2D eigenvalue weighted by atomic mass is 19.1. The minimum atomic E-state index is -1.04. The minimum absolute atomic E-state index is 0.293. The number of carboxylic acid groups (broad SMARTS) is 1. The van der Waals surface area contributed by atoms with Gasteiger partial charge in [0.05, 0.1) is 30.0 Å². The van der Waals surface area contributed by atoms with Crippen LogP contribution in [0.25, 0.3) is 21.9 Å². The van der Waals surface area contributed by atoms with Crippen LogP contribution in [0.15, 0.2) is 77.7 Å². The second-order valence-corrected chi connectivity index (χ2v) is 9.00. The normalized spacial score (nSPS) is 12.4. The molecule has 0 aliphatic heterocycles. The maximum Gasteiger partial charge on any atom is 0.330 e. The van der Waals surface area contributed by atoms with Gasteiger partial charge in [0, 0.05) is 23.6 Å². The topological polar surface area (TPSA) is 69.2 Å². The van der Waals surface area contributed by atoms with Crippen molar-refractivity contribution in [1.29, 1.82) is 0 Å². The van der Waals surface area contributed by atoms with E-state index in [4.69, 9.17) is 0 Å². The molecule has 5 aromatic rings. The van der Waals surface area contributed by atoms with Crippen LogP contribution in [-0.2, 0) is 24.3 Å². The molecule has 36 heavy (non-hydrogen) atoms. The molecule has 0 saturated heterocycles. The van der Waals surface area contributed by atoms with Crippen molar-refractivity contribution >= 4 is 27.9 Å².